The summed E-state index contributed by atoms with van der Waals surface area (Å²) in [7, 11) is 0. The van der Waals surface area contributed by atoms with Crippen molar-refractivity contribution in [1.82, 2.24) is 9.88 Å². The lowest BCUT2D eigenvalue weighted by molar-refractivity contribution is -0.141. The van der Waals surface area contributed by atoms with E-state index in [0.717, 1.165) is 12.0 Å². The normalized spacial score (nSPS) is 41.0. The van der Waals surface area contributed by atoms with Crippen molar-refractivity contribution in [2.75, 3.05) is 0 Å². The highest BCUT2D eigenvalue weighted by molar-refractivity contribution is 9.12. The van der Waals surface area contributed by atoms with Gasteiger partial charge in [-0.15, -0.1) is 0 Å². The molecular weight excluding hydrogens is 400 g/mol. The van der Waals surface area contributed by atoms with Gasteiger partial charge < -0.3 is 0 Å². The summed E-state index contributed by atoms with van der Waals surface area (Å²) in [6, 6.07) is 3.73. The number of pyridine rings is 1. The summed E-state index contributed by atoms with van der Waals surface area (Å²) in [5.74, 6) is 0.310. The minimum absolute atomic E-state index is 0.00482. The van der Waals surface area contributed by atoms with Crippen LogP contribution in [0.15, 0.2) is 24.5 Å². The van der Waals surface area contributed by atoms with Gasteiger partial charge in [-0.2, -0.15) is 0 Å². The number of carbonyl (C=O) groups excluding carboxylic acids is 2. The maximum atomic E-state index is 12.7. The predicted octanol–water partition coefficient (Wildman–Crippen LogP) is 2.36. The predicted molar refractivity (Wildman–Crippen MR) is 83.8 cm³/mol. The van der Waals surface area contributed by atoms with Crippen LogP contribution in [-0.2, 0) is 16.1 Å². The van der Waals surface area contributed by atoms with Crippen LogP contribution in [0.2, 0.25) is 0 Å². The minimum Gasteiger partial charge on any atom is -0.278 e. The number of hydrogen-bond donors (Lipinski definition) is 0. The smallest absolute Gasteiger partial charge is 0.233 e. The van der Waals surface area contributed by atoms with E-state index in [1.807, 2.05) is 12.1 Å². The third-order valence-electron chi connectivity index (χ3n) is 5.14. The Morgan fingerprint density at radius 2 is 1.76 bits per heavy atom. The van der Waals surface area contributed by atoms with Crippen molar-refractivity contribution in [3.8, 4) is 0 Å². The zero-order valence-corrected chi connectivity index (χ0v) is 14.3. The van der Waals surface area contributed by atoms with Gasteiger partial charge in [0.2, 0.25) is 11.8 Å². The van der Waals surface area contributed by atoms with E-state index in [2.05, 4.69) is 36.8 Å². The van der Waals surface area contributed by atoms with Gasteiger partial charge in [0.15, 0.2) is 0 Å². The molecule has 0 radical (unpaired) electrons. The quantitative estimate of drug-likeness (QED) is 0.552. The summed E-state index contributed by atoms with van der Waals surface area (Å²) in [6.45, 7) is 0.345. The highest BCUT2D eigenvalue weighted by Gasteiger charge is 2.66. The van der Waals surface area contributed by atoms with Gasteiger partial charge in [-0.05, 0) is 29.9 Å². The highest BCUT2D eigenvalue weighted by atomic mass is 79.9. The summed E-state index contributed by atoms with van der Waals surface area (Å²) < 4.78 is 0. The van der Waals surface area contributed by atoms with E-state index in [-0.39, 0.29) is 35.5 Å². The molecule has 3 aliphatic rings. The monoisotopic (exact) mass is 412 g/mol. The van der Waals surface area contributed by atoms with Crippen molar-refractivity contribution in [2.24, 2.45) is 23.7 Å². The molecule has 6 atom stereocenters. The molecule has 4 rings (SSSR count). The van der Waals surface area contributed by atoms with Crippen LogP contribution in [0.25, 0.3) is 0 Å². The van der Waals surface area contributed by atoms with Crippen molar-refractivity contribution in [2.45, 2.75) is 22.6 Å². The number of nitrogens with zero attached hydrogens (tertiary/aromatic N) is 2. The second-order valence-electron chi connectivity index (χ2n) is 6.13. The molecule has 1 aromatic heterocycles. The lowest BCUT2D eigenvalue weighted by Gasteiger charge is -2.28. The van der Waals surface area contributed by atoms with Crippen LogP contribution in [0.1, 0.15) is 12.0 Å². The lowest BCUT2D eigenvalue weighted by atomic mass is 9.81. The molecular formula is C15H14Br2N2O2. The minimum atomic E-state index is -0.127. The van der Waals surface area contributed by atoms with E-state index in [1.54, 1.807) is 12.4 Å². The fraction of sp³-hybridized carbons (Fsp3) is 0.533. The van der Waals surface area contributed by atoms with E-state index in [9.17, 15) is 9.59 Å². The molecule has 0 unspecified atom stereocenters. The van der Waals surface area contributed by atoms with Crippen LogP contribution < -0.4 is 0 Å². The van der Waals surface area contributed by atoms with E-state index in [1.165, 1.54) is 4.90 Å². The third kappa shape index (κ3) is 1.88. The molecule has 110 valence electrons. The molecule has 2 heterocycles. The molecule has 2 saturated carbocycles. The Bertz CT molecular complexity index is 577. The molecule has 4 nitrogen and oxygen atoms in total. The summed E-state index contributed by atoms with van der Waals surface area (Å²) in [6.07, 6.45) is 4.38. The van der Waals surface area contributed by atoms with Crippen molar-refractivity contribution in [3.05, 3.63) is 30.1 Å². The van der Waals surface area contributed by atoms with Crippen LogP contribution in [-0.4, -0.2) is 31.4 Å². The van der Waals surface area contributed by atoms with Crippen LogP contribution in [0.4, 0.5) is 0 Å². The Morgan fingerprint density at radius 3 is 2.29 bits per heavy atom. The molecule has 2 amide bonds. The van der Waals surface area contributed by atoms with E-state index in [4.69, 9.17) is 0 Å². The number of imide groups is 1. The van der Waals surface area contributed by atoms with Gasteiger partial charge in [0, 0.05) is 22.0 Å². The number of amides is 2. The number of carbonyl (C=O) groups is 2. The van der Waals surface area contributed by atoms with Crippen molar-refractivity contribution >= 4 is 43.7 Å². The first kappa shape index (κ1) is 13.9. The Kier molecular flexibility index (Phi) is 3.23. The number of alkyl halides is 2. The summed E-state index contributed by atoms with van der Waals surface area (Å²) >= 11 is 7.38. The Labute approximate surface area is 139 Å². The van der Waals surface area contributed by atoms with Gasteiger partial charge in [-0.3, -0.25) is 19.5 Å². The molecule has 21 heavy (non-hydrogen) atoms. The van der Waals surface area contributed by atoms with Gasteiger partial charge in [0.1, 0.15) is 0 Å². The molecule has 2 bridgehead atoms. The van der Waals surface area contributed by atoms with Crippen molar-refractivity contribution in [3.63, 3.8) is 0 Å². The first-order valence-corrected chi connectivity index (χ1v) is 8.95. The van der Waals surface area contributed by atoms with Gasteiger partial charge >= 0.3 is 0 Å². The first-order valence-electron chi connectivity index (χ1n) is 7.12. The second kappa shape index (κ2) is 4.88. The summed E-state index contributed by atoms with van der Waals surface area (Å²) in [5, 5.41) is 0. The molecule has 2 aliphatic carbocycles. The molecule has 1 aliphatic heterocycles. The first-order chi connectivity index (χ1) is 10.1. The average molecular weight is 414 g/mol. The average Bonchev–Trinajstić information content (AvgIpc) is 3.09. The molecule has 0 aromatic carbocycles. The number of hydrogen-bond acceptors (Lipinski definition) is 3. The topological polar surface area (TPSA) is 50.3 Å². The van der Waals surface area contributed by atoms with Gasteiger partial charge in [0.25, 0.3) is 0 Å². The third-order valence-corrected chi connectivity index (χ3v) is 8.35. The van der Waals surface area contributed by atoms with Crippen LogP contribution in [0.5, 0.6) is 0 Å². The van der Waals surface area contributed by atoms with Gasteiger partial charge in [-0.25, -0.2) is 0 Å². The molecule has 0 N–H and O–H groups in total. The number of likely N-dealkylation sites (tertiary alicyclic amines) is 1. The summed E-state index contributed by atoms with van der Waals surface area (Å²) in [5.41, 5.74) is 0.900. The van der Waals surface area contributed by atoms with Crippen molar-refractivity contribution < 1.29 is 9.59 Å². The summed E-state index contributed by atoms with van der Waals surface area (Å²) in [4.78, 5) is 31.5. The van der Waals surface area contributed by atoms with E-state index in [0.29, 0.717) is 16.2 Å². The lowest BCUT2D eigenvalue weighted by Crippen LogP contribution is -2.37. The van der Waals surface area contributed by atoms with Crippen LogP contribution in [0.3, 0.4) is 0 Å². The fourth-order valence-electron chi connectivity index (χ4n) is 4.24. The number of rotatable bonds is 2. The van der Waals surface area contributed by atoms with Gasteiger partial charge in [0.05, 0.1) is 18.4 Å². The fourth-order valence-corrected chi connectivity index (χ4v) is 6.11. The van der Waals surface area contributed by atoms with Crippen LogP contribution >= 0.6 is 31.9 Å². The molecule has 0 spiro atoms. The van der Waals surface area contributed by atoms with E-state index < -0.39 is 0 Å². The maximum Gasteiger partial charge on any atom is 0.233 e. The van der Waals surface area contributed by atoms with Crippen molar-refractivity contribution in [1.29, 1.82) is 0 Å². The standard InChI is InChI=1S/C15H14Br2N2O2/c16-12-8-4-9(13(12)17)11-10(8)14(20)19(15(11)21)6-7-2-1-3-18-5-7/h1-3,5,8-13H,4,6H2/t8-,9+,10-,11-,12-,13+/m0/s1. The number of halogens is 2. The highest BCUT2D eigenvalue weighted by Crippen LogP contribution is 2.60. The molecule has 3 fully saturated rings. The number of aromatic nitrogens is 1. The molecule has 1 aromatic rings. The number of fused-ring (bicyclic) bond motifs is 5. The SMILES string of the molecule is O=C1[C@H]2[C@@H]3C[C@@H]([C@@H](Br)[C@H]3Br)[C@@H]2C(=O)N1Cc1cccnc1. The Hall–Kier alpha value is -0.750. The molecule has 6 heteroatoms. The largest absolute Gasteiger partial charge is 0.278 e. The van der Waals surface area contributed by atoms with Gasteiger partial charge in [-0.1, -0.05) is 37.9 Å². The van der Waals surface area contributed by atoms with Crippen LogP contribution in [0, 0.1) is 23.7 Å². The van der Waals surface area contributed by atoms with E-state index >= 15 is 0 Å². The zero-order valence-electron chi connectivity index (χ0n) is 11.2. The second-order valence-corrected chi connectivity index (χ2v) is 8.24. The Morgan fingerprint density at radius 1 is 1.14 bits per heavy atom. The molecule has 1 saturated heterocycles. The Balaban J connectivity index is 1.62. The zero-order chi connectivity index (χ0) is 14.7. The maximum absolute atomic E-state index is 12.7.